The quantitative estimate of drug-likeness (QED) is 0.532. The minimum absolute atomic E-state index is 0.391. The molecule has 0 saturated heterocycles. The molecule has 2 rings (SSSR count). The summed E-state index contributed by atoms with van der Waals surface area (Å²) in [6.45, 7) is 1.78. The molecule has 0 fully saturated rings. The monoisotopic (exact) mass is 221 g/mol. The number of anilines is 2. The van der Waals surface area contributed by atoms with Crippen LogP contribution in [0.4, 0.5) is 11.4 Å². The molecule has 1 aromatic rings. The van der Waals surface area contributed by atoms with Gasteiger partial charge in [0.2, 0.25) is 0 Å². The van der Waals surface area contributed by atoms with Crippen LogP contribution in [0.2, 0.25) is 0 Å². The molecule has 1 unspecified atom stereocenters. The van der Waals surface area contributed by atoms with Crippen LogP contribution in [0.3, 0.4) is 0 Å². The van der Waals surface area contributed by atoms with E-state index in [1.54, 1.807) is 0 Å². The summed E-state index contributed by atoms with van der Waals surface area (Å²) in [4.78, 5) is 0. The second-order valence-electron chi connectivity index (χ2n) is 4.15. The number of fused-ring (bicyclic) bond motifs is 1. The molecule has 0 radical (unpaired) electrons. The van der Waals surface area contributed by atoms with E-state index < -0.39 is 0 Å². The number of rotatable bonds is 4. The summed E-state index contributed by atoms with van der Waals surface area (Å²) in [5.41, 5.74) is 7.53. The topological polar surface area (TPSA) is 59.3 Å². The van der Waals surface area contributed by atoms with Gasteiger partial charge < -0.3 is 21.1 Å². The van der Waals surface area contributed by atoms with Crippen molar-refractivity contribution in [1.82, 2.24) is 5.32 Å². The highest BCUT2D eigenvalue weighted by Crippen LogP contribution is 2.31. The average Bonchev–Trinajstić information content (AvgIpc) is 2.29. The summed E-state index contributed by atoms with van der Waals surface area (Å²) < 4.78 is 5.68. The van der Waals surface area contributed by atoms with Gasteiger partial charge in [-0.1, -0.05) is 0 Å². The molecular formula is C12H19N3O. The SMILES string of the molecule is CNCCCC1COc2ccc(N)cc2N1. The fourth-order valence-electron chi connectivity index (χ4n) is 1.92. The smallest absolute Gasteiger partial charge is 0.142 e. The van der Waals surface area contributed by atoms with Crippen molar-refractivity contribution >= 4 is 11.4 Å². The van der Waals surface area contributed by atoms with Crippen molar-refractivity contribution in [1.29, 1.82) is 0 Å². The van der Waals surface area contributed by atoms with Crippen LogP contribution in [0.5, 0.6) is 5.75 Å². The lowest BCUT2D eigenvalue weighted by Gasteiger charge is -2.27. The van der Waals surface area contributed by atoms with Crippen molar-refractivity contribution in [2.75, 3.05) is 31.2 Å². The zero-order chi connectivity index (χ0) is 11.4. The van der Waals surface area contributed by atoms with E-state index in [4.69, 9.17) is 10.5 Å². The Hall–Kier alpha value is -1.42. The van der Waals surface area contributed by atoms with Crippen molar-refractivity contribution in [2.24, 2.45) is 0 Å². The van der Waals surface area contributed by atoms with Gasteiger partial charge in [0.25, 0.3) is 0 Å². The molecule has 1 aromatic carbocycles. The van der Waals surface area contributed by atoms with E-state index in [1.807, 2.05) is 25.2 Å². The van der Waals surface area contributed by atoms with E-state index in [2.05, 4.69) is 10.6 Å². The first-order chi connectivity index (χ1) is 7.79. The van der Waals surface area contributed by atoms with E-state index in [1.165, 1.54) is 0 Å². The van der Waals surface area contributed by atoms with E-state index in [0.717, 1.165) is 43.1 Å². The van der Waals surface area contributed by atoms with Gasteiger partial charge in [-0.25, -0.2) is 0 Å². The van der Waals surface area contributed by atoms with Gasteiger partial charge in [0, 0.05) is 5.69 Å². The Morgan fingerprint density at radius 3 is 3.25 bits per heavy atom. The summed E-state index contributed by atoms with van der Waals surface area (Å²) in [6.07, 6.45) is 2.25. The Morgan fingerprint density at radius 1 is 1.56 bits per heavy atom. The van der Waals surface area contributed by atoms with Crippen molar-refractivity contribution in [3.05, 3.63) is 18.2 Å². The number of nitrogens with two attached hydrogens (primary N) is 1. The zero-order valence-electron chi connectivity index (χ0n) is 9.62. The lowest BCUT2D eigenvalue weighted by atomic mass is 10.1. The number of ether oxygens (including phenoxy) is 1. The van der Waals surface area contributed by atoms with Crippen molar-refractivity contribution in [2.45, 2.75) is 18.9 Å². The Kier molecular flexibility index (Phi) is 3.51. The molecule has 0 bridgehead atoms. The Balaban J connectivity index is 1.94. The Bertz CT molecular complexity index is 354. The predicted molar refractivity (Wildman–Crippen MR) is 66.9 cm³/mol. The maximum atomic E-state index is 5.74. The van der Waals surface area contributed by atoms with Crippen LogP contribution < -0.4 is 21.1 Å². The molecule has 0 aromatic heterocycles. The molecule has 0 aliphatic carbocycles. The van der Waals surface area contributed by atoms with Crippen LogP contribution in [-0.2, 0) is 0 Å². The summed E-state index contributed by atoms with van der Waals surface area (Å²) >= 11 is 0. The fraction of sp³-hybridized carbons (Fsp3) is 0.500. The van der Waals surface area contributed by atoms with Gasteiger partial charge in [0.15, 0.2) is 0 Å². The standard InChI is InChI=1S/C12H19N3O/c1-14-6-2-3-10-8-16-12-5-4-9(13)7-11(12)15-10/h4-5,7,10,14-15H,2-3,6,8,13H2,1H3. The highest BCUT2D eigenvalue weighted by Gasteiger charge is 2.18. The second kappa shape index (κ2) is 5.07. The van der Waals surface area contributed by atoms with Crippen LogP contribution >= 0.6 is 0 Å². The zero-order valence-corrected chi connectivity index (χ0v) is 9.62. The van der Waals surface area contributed by atoms with Crippen molar-refractivity contribution in [3.63, 3.8) is 0 Å². The number of hydrogen-bond acceptors (Lipinski definition) is 4. The molecule has 4 nitrogen and oxygen atoms in total. The molecular weight excluding hydrogens is 202 g/mol. The van der Waals surface area contributed by atoms with E-state index >= 15 is 0 Å². The van der Waals surface area contributed by atoms with E-state index in [9.17, 15) is 0 Å². The molecule has 1 aliphatic heterocycles. The van der Waals surface area contributed by atoms with Gasteiger partial charge >= 0.3 is 0 Å². The highest BCUT2D eigenvalue weighted by atomic mass is 16.5. The van der Waals surface area contributed by atoms with Crippen LogP contribution in [-0.4, -0.2) is 26.2 Å². The highest BCUT2D eigenvalue weighted by molar-refractivity contribution is 5.64. The first kappa shape index (κ1) is 11.1. The number of nitrogen functional groups attached to an aromatic ring is 1. The molecule has 16 heavy (non-hydrogen) atoms. The predicted octanol–water partition coefficient (Wildman–Crippen LogP) is 1.44. The van der Waals surface area contributed by atoms with Crippen molar-refractivity contribution in [3.8, 4) is 5.75 Å². The normalized spacial score (nSPS) is 18.4. The summed E-state index contributed by atoms with van der Waals surface area (Å²) in [5.74, 6) is 0.902. The summed E-state index contributed by atoms with van der Waals surface area (Å²) in [6, 6.07) is 6.10. The summed E-state index contributed by atoms with van der Waals surface area (Å²) in [5, 5.41) is 6.61. The molecule has 0 amide bonds. The van der Waals surface area contributed by atoms with Crippen LogP contribution in [0.25, 0.3) is 0 Å². The van der Waals surface area contributed by atoms with Gasteiger partial charge in [0.1, 0.15) is 12.4 Å². The second-order valence-corrected chi connectivity index (χ2v) is 4.15. The Labute approximate surface area is 96.2 Å². The third-order valence-corrected chi connectivity index (χ3v) is 2.78. The maximum absolute atomic E-state index is 5.74. The molecule has 4 N–H and O–H groups in total. The lowest BCUT2D eigenvalue weighted by molar-refractivity contribution is 0.276. The van der Waals surface area contributed by atoms with Crippen LogP contribution in [0, 0.1) is 0 Å². The van der Waals surface area contributed by atoms with Crippen LogP contribution in [0.15, 0.2) is 18.2 Å². The fourth-order valence-corrected chi connectivity index (χ4v) is 1.92. The van der Waals surface area contributed by atoms with E-state index in [-0.39, 0.29) is 0 Å². The minimum atomic E-state index is 0.391. The largest absolute Gasteiger partial charge is 0.489 e. The van der Waals surface area contributed by atoms with Gasteiger partial charge in [-0.05, 0) is 44.6 Å². The first-order valence-electron chi connectivity index (χ1n) is 5.73. The first-order valence-corrected chi connectivity index (χ1v) is 5.73. The molecule has 4 heteroatoms. The molecule has 1 aliphatic rings. The van der Waals surface area contributed by atoms with Gasteiger partial charge in [-0.2, -0.15) is 0 Å². The summed E-state index contributed by atoms with van der Waals surface area (Å²) in [7, 11) is 1.97. The number of nitrogens with one attached hydrogen (secondary N) is 2. The lowest BCUT2D eigenvalue weighted by Crippen LogP contribution is -2.32. The molecule has 0 spiro atoms. The molecule has 1 atom stereocenters. The average molecular weight is 221 g/mol. The van der Waals surface area contributed by atoms with Gasteiger partial charge in [0.05, 0.1) is 11.7 Å². The number of hydrogen-bond donors (Lipinski definition) is 3. The molecule has 0 saturated carbocycles. The third kappa shape index (κ3) is 2.58. The van der Waals surface area contributed by atoms with E-state index in [0.29, 0.717) is 6.04 Å². The Morgan fingerprint density at radius 2 is 2.44 bits per heavy atom. The third-order valence-electron chi connectivity index (χ3n) is 2.78. The maximum Gasteiger partial charge on any atom is 0.142 e. The van der Waals surface area contributed by atoms with Gasteiger partial charge in [-0.15, -0.1) is 0 Å². The number of benzene rings is 1. The molecule has 88 valence electrons. The van der Waals surface area contributed by atoms with Crippen molar-refractivity contribution < 1.29 is 4.74 Å². The van der Waals surface area contributed by atoms with Gasteiger partial charge in [-0.3, -0.25) is 0 Å². The molecule has 1 heterocycles. The minimum Gasteiger partial charge on any atom is -0.489 e. The van der Waals surface area contributed by atoms with Crippen LogP contribution in [0.1, 0.15) is 12.8 Å².